The molecule has 3 radical (unpaired) electrons. The fourth-order valence-corrected chi connectivity index (χ4v) is 1.76. The van der Waals surface area contributed by atoms with Crippen molar-refractivity contribution in [1.82, 2.24) is 5.23 Å². The van der Waals surface area contributed by atoms with Gasteiger partial charge in [-0.1, -0.05) is 6.92 Å². The topological polar surface area (TPSA) is 33.9 Å². The molecule has 0 atom stereocenters. The second-order valence-corrected chi connectivity index (χ2v) is 3.71. The van der Waals surface area contributed by atoms with Crippen LogP contribution in [0.25, 0.3) is 0 Å². The first-order valence-electron chi connectivity index (χ1n) is 4.15. The molecule has 0 aliphatic carbocycles. The molecule has 0 aliphatic heterocycles. The molecule has 0 aromatic heterocycles. The Morgan fingerprint density at radius 3 is 2.29 bits per heavy atom. The molecule has 0 aromatic rings. The van der Waals surface area contributed by atoms with Gasteiger partial charge in [0, 0.05) is 5.23 Å². The van der Waals surface area contributed by atoms with Gasteiger partial charge in [-0.2, -0.15) is 9.68 Å². The minimum atomic E-state index is 0.677. The van der Waals surface area contributed by atoms with Gasteiger partial charge in [0.25, 0.3) is 0 Å². The molecular formula is C7H16N2O3SSi+. The van der Waals surface area contributed by atoms with Crippen LogP contribution in [0.4, 0.5) is 0 Å². The molecule has 0 saturated heterocycles. The summed E-state index contributed by atoms with van der Waals surface area (Å²) in [5, 5.41) is 1.94. The Kier molecular flexibility index (Phi) is 8.19. The highest BCUT2D eigenvalue weighted by Crippen LogP contribution is 2.09. The second-order valence-electron chi connectivity index (χ2n) is 2.31. The summed E-state index contributed by atoms with van der Waals surface area (Å²) in [7, 11) is 8.06. The number of hydrogen-bond donors (Lipinski definition) is 0. The summed E-state index contributed by atoms with van der Waals surface area (Å²) in [5.41, 5.74) is 0. The van der Waals surface area contributed by atoms with Gasteiger partial charge in [-0.25, -0.2) is 0 Å². The van der Waals surface area contributed by atoms with E-state index >= 15 is 0 Å². The Morgan fingerprint density at radius 2 is 1.93 bits per heavy atom. The van der Waals surface area contributed by atoms with E-state index in [-0.39, 0.29) is 0 Å². The van der Waals surface area contributed by atoms with E-state index in [2.05, 4.69) is 17.3 Å². The summed E-state index contributed by atoms with van der Waals surface area (Å²) in [6.45, 7) is 2.90. The molecule has 14 heavy (non-hydrogen) atoms. The van der Waals surface area contributed by atoms with Crippen molar-refractivity contribution in [2.24, 2.45) is 0 Å². The first kappa shape index (κ1) is 13.9. The minimum absolute atomic E-state index is 0.677. The maximum absolute atomic E-state index is 4.98. The summed E-state index contributed by atoms with van der Waals surface area (Å²) in [5.74, 6) is 0. The molecule has 0 spiro atoms. The van der Waals surface area contributed by atoms with Crippen molar-refractivity contribution < 1.29 is 18.1 Å². The number of nitrogens with zero attached hydrogens (tertiary/aromatic N) is 2. The Balaban J connectivity index is 4.61. The Morgan fingerprint density at radius 1 is 1.36 bits per heavy atom. The number of rotatable bonds is 5. The standard InChI is InChI=1S/C7H16N2O3SSi/c1-5-6-8(14)7(13-12-4)9(10-2)11-3/h5-6H2,1-4H3/q+1. The molecule has 0 N–H and O–H groups in total. The average molecular weight is 236 g/mol. The second kappa shape index (κ2) is 8.24. The Hall–Kier alpha value is -0.0831. The molecule has 0 aromatic carbocycles. The first-order chi connectivity index (χ1) is 6.71. The van der Waals surface area contributed by atoms with Crippen LogP contribution in [0, 0.1) is 0 Å². The van der Waals surface area contributed by atoms with E-state index in [4.69, 9.17) is 13.9 Å². The minimum Gasteiger partial charge on any atom is -0.308 e. The molecule has 0 unspecified atom stereocenters. The van der Waals surface area contributed by atoms with Crippen molar-refractivity contribution in [3.8, 4) is 0 Å². The van der Waals surface area contributed by atoms with Crippen LogP contribution in [-0.2, 0) is 13.9 Å². The third kappa shape index (κ3) is 4.42. The summed E-state index contributed by atoms with van der Waals surface area (Å²) < 4.78 is 6.77. The van der Waals surface area contributed by atoms with Gasteiger partial charge in [0.15, 0.2) is 0 Å². The lowest BCUT2D eigenvalue weighted by Crippen LogP contribution is -2.34. The van der Waals surface area contributed by atoms with E-state index in [1.807, 2.05) is 0 Å². The molecule has 0 heterocycles. The monoisotopic (exact) mass is 236 g/mol. The summed E-state index contributed by atoms with van der Waals surface area (Å²) >= 11 is 1.15. The lowest BCUT2D eigenvalue weighted by atomic mass is 10.5. The van der Waals surface area contributed by atoms with Crippen LogP contribution < -0.4 is 0 Å². The fraction of sp³-hybridized carbons (Fsp3) is 0.857. The molecule has 0 amide bonds. The van der Waals surface area contributed by atoms with Crippen molar-refractivity contribution in [1.29, 1.82) is 0 Å². The zero-order valence-electron chi connectivity index (χ0n) is 8.94. The van der Waals surface area contributed by atoms with Crippen LogP contribution >= 0.6 is 12.0 Å². The van der Waals surface area contributed by atoms with E-state index in [0.29, 0.717) is 5.17 Å². The smallest absolute Gasteiger partial charge is 0.308 e. The van der Waals surface area contributed by atoms with Crippen LogP contribution in [0.15, 0.2) is 0 Å². The molecule has 0 bridgehead atoms. The van der Waals surface area contributed by atoms with Gasteiger partial charge in [-0.3, -0.25) is 4.24 Å². The Labute approximate surface area is 92.6 Å². The normalized spacial score (nSPS) is 12.6. The largest absolute Gasteiger partial charge is 0.385 e. The lowest BCUT2D eigenvalue weighted by molar-refractivity contribution is -0.407. The van der Waals surface area contributed by atoms with E-state index in [0.717, 1.165) is 25.0 Å². The van der Waals surface area contributed by atoms with E-state index in [1.54, 1.807) is 11.4 Å². The van der Waals surface area contributed by atoms with Crippen LogP contribution in [0.3, 0.4) is 0 Å². The van der Waals surface area contributed by atoms with Crippen LogP contribution in [0.2, 0.25) is 0 Å². The molecule has 81 valence electrons. The average Bonchev–Trinajstić information content (AvgIpc) is 2.18. The molecule has 5 nitrogen and oxygen atoms in total. The highest BCUT2D eigenvalue weighted by atomic mass is 32.2. The van der Waals surface area contributed by atoms with Crippen molar-refractivity contribution in [3.05, 3.63) is 0 Å². The van der Waals surface area contributed by atoms with Gasteiger partial charge in [0.2, 0.25) is 0 Å². The van der Waals surface area contributed by atoms with Gasteiger partial charge in [0.1, 0.15) is 12.0 Å². The molecular weight excluding hydrogens is 220 g/mol. The van der Waals surface area contributed by atoms with Crippen molar-refractivity contribution in [3.63, 3.8) is 0 Å². The van der Waals surface area contributed by atoms with Crippen molar-refractivity contribution in [2.75, 3.05) is 27.9 Å². The zero-order chi connectivity index (χ0) is 11.0. The molecule has 0 saturated carbocycles. The highest BCUT2D eigenvalue weighted by Gasteiger charge is 2.24. The third-order valence-electron chi connectivity index (χ3n) is 1.32. The van der Waals surface area contributed by atoms with Crippen LogP contribution in [-0.4, -0.2) is 52.9 Å². The first-order valence-corrected chi connectivity index (χ1v) is 5.34. The summed E-state index contributed by atoms with van der Waals surface area (Å²) in [6.07, 6.45) is 0.999. The van der Waals surface area contributed by atoms with Crippen LogP contribution in [0.1, 0.15) is 13.3 Å². The molecule has 7 heteroatoms. The third-order valence-corrected chi connectivity index (χ3v) is 2.61. The van der Waals surface area contributed by atoms with E-state index in [1.165, 1.54) is 19.4 Å². The van der Waals surface area contributed by atoms with Crippen molar-refractivity contribution in [2.45, 2.75) is 13.3 Å². The fourth-order valence-electron chi connectivity index (χ4n) is 0.798. The maximum atomic E-state index is 4.98. The summed E-state index contributed by atoms with van der Waals surface area (Å²) in [6, 6.07) is 0. The van der Waals surface area contributed by atoms with Gasteiger partial charge in [-0.15, -0.1) is 0 Å². The SMILES string of the molecule is CCC/[N+]([Si])=C(/SOC)N(OC)OC. The van der Waals surface area contributed by atoms with E-state index in [9.17, 15) is 0 Å². The van der Waals surface area contributed by atoms with Gasteiger partial charge in [0.05, 0.1) is 27.9 Å². The van der Waals surface area contributed by atoms with Gasteiger partial charge < -0.3 is 4.18 Å². The van der Waals surface area contributed by atoms with Crippen molar-refractivity contribution >= 4 is 27.6 Å². The van der Waals surface area contributed by atoms with Crippen LogP contribution in [0.5, 0.6) is 0 Å². The molecule has 0 rings (SSSR count). The predicted molar refractivity (Wildman–Crippen MR) is 56.6 cm³/mol. The molecule has 0 fully saturated rings. The number of hydrogen-bond acceptors (Lipinski definition) is 4. The summed E-state index contributed by atoms with van der Waals surface area (Å²) in [4.78, 5) is 9.96. The quantitative estimate of drug-likeness (QED) is 0.229. The number of hydroxylamine groups is 2. The molecule has 0 aliphatic rings. The Bertz CT molecular complexity index is 188. The number of amidine groups is 1. The lowest BCUT2D eigenvalue weighted by Gasteiger charge is -2.12. The van der Waals surface area contributed by atoms with Gasteiger partial charge >= 0.3 is 15.6 Å². The highest BCUT2D eigenvalue weighted by molar-refractivity contribution is 8.09. The van der Waals surface area contributed by atoms with E-state index < -0.39 is 0 Å². The zero-order valence-corrected chi connectivity index (χ0v) is 10.8. The predicted octanol–water partition coefficient (Wildman–Crippen LogP) is 0.568. The maximum Gasteiger partial charge on any atom is 0.385 e. The van der Waals surface area contributed by atoms with Gasteiger partial charge in [-0.05, 0) is 6.42 Å².